The van der Waals surface area contributed by atoms with Gasteiger partial charge in [0, 0.05) is 16.1 Å². The Morgan fingerprint density at radius 3 is 2.26 bits per heavy atom. The molecule has 0 aromatic heterocycles. The Morgan fingerprint density at radius 2 is 1.63 bits per heavy atom. The van der Waals surface area contributed by atoms with Crippen molar-refractivity contribution in [1.82, 2.24) is 0 Å². The van der Waals surface area contributed by atoms with Crippen molar-refractivity contribution in [3.8, 4) is 11.5 Å². The summed E-state index contributed by atoms with van der Waals surface area (Å²) >= 11 is 21.3. The third-order valence-electron chi connectivity index (χ3n) is 2.29. The maximum absolute atomic E-state index is 10.6. The van der Waals surface area contributed by atoms with E-state index >= 15 is 0 Å². The number of aldehydes is 1. The van der Waals surface area contributed by atoms with Gasteiger partial charge in [0.15, 0.2) is 0 Å². The van der Waals surface area contributed by atoms with E-state index in [2.05, 4.69) is 15.9 Å². The van der Waals surface area contributed by atoms with Crippen LogP contribution in [0.15, 0.2) is 34.8 Å². The van der Waals surface area contributed by atoms with E-state index in [1.807, 2.05) is 0 Å². The molecule has 0 aliphatic heterocycles. The van der Waals surface area contributed by atoms with Gasteiger partial charge in [-0.15, -0.1) is 0 Å². The maximum Gasteiger partial charge on any atom is 0.150 e. The van der Waals surface area contributed by atoms with Gasteiger partial charge in [-0.1, -0.05) is 34.8 Å². The minimum atomic E-state index is 0.319. The summed E-state index contributed by atoms with van der Waals surface area (Å²) in [6.07, 6.45) is 0.707. The smallest absolute Gasteiger partial charge is 0.150 e. The molecule has 2 aromatic rings. The number of hydrogen-bond donors (Lipinski definition) is 0. The highest BCUT2D eigenvalue weighted by atomic mass is 79.9. The molecule has 98 valence electrons. The first-order chi connectivity index (χ1) is 9.01. The standard InChI is InChI=1S/C13H6BrCl3O2/c14-8-4-11(17)13(5-9(8)15)19-12-2-1-7(6-18)3-10(12)16/h1-6H. The summed E-state index contributed by atoms with van der Waals surface area (Å²) in [6.45, 7) is 0. The second-order valence-electron chi connectivity index (χ2n) is 3.61. The highest BCUT2D eigenvalue weighted by Crippen LogP contribution is 2.38. The Hall–Kier alpha value is -0.740. The van der Waals surface area contributed by atoms with E-state index < -0.39 is 0 Å². The van der Waals surface area contributed by atoms with Crippen LogP contribution in [-0.4, -0.2) is 6.29 Å². The Balaban J connectivity index is 2.36. The predicted molar refractivity (Wildman–Crippen MR) is 81.1 cm³/mol. The molecule has 0 radical (unpaired) electrons. The number of rotatable bonds is 3. The lowest BCUT2D eigenvalue weighted by Gasteiger charge is -2.10. The van der Waals surface area contributed by atoms with Crippen molar-refractivity contribution in [2.24, 2.45) is 0 Å². The molecule has 2 aromatic carbocycles. The lowest BCUT2D eigenvalue weighted by Crippen LogP contribution is -1.89. The number of carbonyl (C=O) groups is 1. The summed E-state index contributed by atoms with van der Waals surface area (Å²) in [5, 5.41) is 1.19. The summed E-state index contributed by atoms with van der Waals surface area (Å²) < 4.78 is 6.27. The molecule has 0 aliphatic carbocycles. The Labute approximate surface area is 133 Å². The third-order valence-corrected chi connectivity index (χ3v) is 4.07. The van der Waals surface area contributed by atoms with Crippen LogP contribution < -0.4 is 4.74 Å². The molecule has 0 saturated carbocycles. The van der Waals surface area contributed by atoms with E-state index in [0.717, 1.165) is 0 Å². The van der Waals surface area contributed by atoms with E-state index in [9.17, 15) is 4.79 Å². The SMILES string of the molecule is O=Cc1ccc(Oc2cc(Cl)c(Br)cc2Cl)c(Cl)c1. The maximum atomic E-state index is 10.6. The zero-order valence-corrected chi connectivity index (χ0v) is 13.1. The fourth-order valence-corrected chi connectivity index (χ4v) is 2.43. The molecule has 0 spiro atoms. The van der Waals surface area contributed by atoms with Gasteiger partial charge in [0.05, 0.1) is 15.1 Å². The lowest BCUT2D eigenvalue weighted by atomic mass is 10.2. The van der Waals surface area contributed by atoms with Gasteiger partial charge in [0.1, 0.15) is 17.8 Å². The fraction of sp³-hybridized carbons (Fsp3) is 0. The highest BCUT2D eigenvalue weighted by molar-refractivity contribution is 9.10. The van der Waals surface area contributed by atoms with Crippen LogP contribution in [0, 0.1) is 0 Å². The van der Waals surface area contributed by atoms with Crippen molar-refractivity contribution >= 4 is 57.0 Å². The van der Waals surface area contributed by atoms with E-state index in [0.29, 0.717) is 42.9 Å². The van der Waals surface area contributed by atoms with E-state index in [4.69, 9.17) is 39.5 Å². The van der Waals surface area contributed by atoms with Gasteiger partial charge in [-0.05, 0) is 40.2 Å². The van der Waals surface area contributed by atoms with Crippen LogP contribution in [0.4, 0.5) is 0 Å². The third kappa shape index (κ3) is 3.42. The van der Waals surface area contributed by atoms with E-state index in [1.165, 1.54) is 6.07 Å². The van der Waals surface area contributed by atoms with Crippen LogP contribution in [0.5, 0.6) is 11.5 Å². The van der Waals surface area contributed by atoms with E-state index in [-0.39, 0.29) is 0 Å². The van der Waals surface area contributed by atoms with Gasteiger partial charge < -0.3 is 4.74 Å². The summed E-state index contributed by atoms with van der Waals surface area (Å²) in [6, 6.07) is 7.92. The molecule has 19 heavy (non-hydrogen) atoms. The molecule has 0 atom stereocenters. The van der Waals surface area contributed by atoms with Gasteiger partial charge in [0.2, 0.25) is 0 Å². The normalized spacial score (nSPS) is 10.3. The molecule has 6 heteroatoms. The topological polar surface area (TPSA) is 26.3 Å². The molecule has 0 unspecified atom stereocenters. The molecular formula is C13H6BrCl3O2. The summed E-state index contributed by atoms with van der Waals surface area (Å²) in [4.78, 5) is 10.6. The molecule has 0 bridgehead atoms. The largest absolute Gasteiger partial charge is 0.454 e. The number of hydrogen-bond acceptors (Lipinski definition) is 2. The number of ether oxygens (including phenoxy) is 1. The van der Waals surface area contributed by atoms with Gasteiger partial charge >= 0.3 is 0 Å². The number of halogens is 4. The quantitative estimate of drug-likeness (QED) is 0.481. The molecule has 0 heterocycles. The molecule has 0 aliphatic rings. The van der Waals surface area contributed by atoms with Crippen LogP contribution in [0.2, 0.25) is 15.1 Å². The van der Waals surface area contributed by atoms with Crippen LogP contribution in [0.25, 0.3) is 0 Å². The van der Waals surface area contributed by atoms with Crippen LogP contribution in [-0.2, 0) is 0 Å². The second-order valence-corrected chi connectivity index (χ2v) is 5.68. The van der Waals surface area contributed by atoms with Crippen molar-refractivity contribution < 1.29 is 9.53 Å². The number of benzene rings is 2. The van der Waals surface area contributed by atoms with Gasteiger partial charge in [-0.2, -0.15) is 0 Å². The summed E-state index contributed by atoms with van der Waals surface area (Å²) in [5.41, 5.74) is 0.470. The average Bonchev–Trinajstić information content (AvgIpc) is 2.38. The highest BCUT2D eigenvalue weighted by Gasteiger charge is 2.10. The van der Waals surface area contributed by atoms with Crippen molar-refractivity contribution in [3.63, 3.8) is 0 Å². The summed E-state index contributed by atoms with van der Waals surface area (Å²) in [7, 11) is 0. The second kappa shape index (κ2) is 6.14. The van der Waals surface area contributed by atoms with Crippen molar-refractivity contribution in [3.05, 3.63) is 55.4 Å². The van der Waals surface area contributed by atoms with Gasteiger partial charge in [-0.3, -0.25) is 4.79 Å². The zero-order chi connectivity index (χ0) is 14.0. The van der Waals surface area contributed by atoms with Crippen LogP contribution in [0.3, 0.4) is 0 Å². The summed E-state index contributed by atoms with van der Waals surface area (Å²) in [5.74, 6) is 0.781. The Morgan fingerprint density at radius 1 is 0.947 bits per heavy atom. The molecule has 2 nitrogen and oxygen atoms in total. The molecular weight excluding hydrogens is 374 g/mol. The van der Waals surface area contributed by atoms with Crippen LogP contribution >= 0.6 is 50.7 Å². The minimum Gasteiger partial charge on any atom is -0.454 e. The van der Waals surface area contributed by atoms with Crippen molar-refractivity contribution in [2.45, 2.75) is 0 Å². The number of carbonyl (C=O) groups excluding carboxylic acids is 1. The molecule has 2 rings (SSSR count). The van der Waals surface area contributed by atoms with Crippen LogP contribution in [0.1, 0.15) is 10.4 Å². The van der Waals surface area contributed by atoms with Crippen molar-refractivity contribution in [2.75, 3.05) is 0 Å². The van der Waals surface area contributed by atoms with Gasteiger partial charge in [0.25, 0.3) is 0 Å². The Kier molecular flexibility index (Phi) is 4.74. The lowest BCUT2D eigenvalue weighted by molar-refractivity contribution is 0.112. The first-order valence-corrected chi connectivity index (χ1v) is 7.01. The molecule has 0 N–H and O–H groups in total. The first kappa shape index (κ1) is 14.7. The zero-order valence-electron chi connectivity index (χ0n) is 9.29. The molecule has 0 saturated heterocycles. The minimum absolute atomic E-state index is 0.319. The molecule has 0 amide bonds. The first-order valence-electron chi connectivity index (χ1n) is 5.08. The van der Waals surface area contributed by atoms with Crippen molar-refractivity contribution in [1.29, 1.82) is 0 Å². The monoisotopic (exact) mass is 378 g/mol. The average molecular weight is 380 g/mol. The Bertz CT molecular complexity index is 644. The predicted octanol–water partition coefficient (Wildman–Crippen LogP) is 6.01. The fourth-order valence-electron chi connectivity index (χ4n) is 1.37. The van der Waals surface area contributed by atoms with Gasteiger partial charge in [-0.25, -0.2) is 0 Å². The van der Waals surface area contributed by atoms with E-state index in [1.54, 1.807) is 24.3 Å². The molecule has 0 fully saturated rings.